The van der Waals surface area contributed by atoms with Gasteiger partial charge in [-0.2, -0.15) is 0 Å². The average Bonchev–Trinajstić information content (AvgIpc) is 2.45. The SMILES string of the molecule is COC(=O)c1cccc(C=Cc2ccccc2)n1. The van der Waals surface area contributed by atoms with Crippen LogP contribution in [-0.2, 0) is 4.74 Å². The van der Waals surface area contributed by atoms with Gasteiger partial charge in [-0.15, -0.1) is 0 Å². The molecule has 2 aromatic rings. The van der Waals surface area contributed by atoms with E-state index in [1.807, 2.05) is 48.6 Å². The third-order valence-electron chi connectivity index (χ3n) is 2.41. The summed E-state index contributed by atoms with van der Waals surface area (Å²) in [6.07, 6.45) is 3.81. The van der Waals surface area contributed by atoms with Gasteiger partial charge in [-0.25, -0.2) is 9.78 Å². The van der Waals surface area contributed by atoms with Crippen LogP contribution < -0.4 is 0 Å². The first-order chi connectivity index (χ1) is 8.79. The Kier molecular flexibility index (Phi) is 3.86. The molecule has 0 aliphatic heterocycles. The van der Waals surface area contributed by atoms with Gasteiger partial charge >= 0.3 is 5.97 Å². The van der Waals surface area contributed by atoms with Gasteiger partial charge in [0.1, 0.15) is 5.69 Å². The van der Waals surface area contributed by atoms with Crippen molar-refractivity contribution in [3.8, 4) is 0 Å². The number of pyridine rings is 1. The van der Waals surface area contributed by atoms with E-state index in [9.17, 15) is 4.79 Å². The third kappa shape index (κ3) is 3.04. The monoisotopic (exact) mass is 239 g/mol. The zero-order chi connectivity index (χ0) is 12.8. The van der Waals surface area contributed by atoms with E-state index in [0.29, 0.717) is 5.69 Å². The van der Waals surface area contributed by atoms with Crippen LogP contribution in [0, 0.1) is 0 Å². The smallest absolute Gasteiger partial charge is 0.356 e. The number of ether oxygens (including phenoxy) is 1. The van der Waals surface area contributed by atoms with Crippen molar-refractivity contribution in [3.05, 3.63) is 65.5 Å². The van der Waals surface area contributed by atoms with Gasteiger partial charge in [-0.1, -0.05) is 42.5 Å². The van der Waals surface area contributed by atoms with Crippen molar-refractivity contribution >= 4 is 18.1 Å². The minimum Gasteiger partial charge on any atom is -0.464 e. The maximum atomic E-state index is 11.3. The number of carbonyl (C=O) groups excluding carboxylic acids is 1. The molecule has 90 valence electrons. The Morgan fingerprint density at radius 3 is 2.56 bits per heavy atom. The Labute approximate surface area is 106 Å². The number of hydrogen-bond donors (Lipinski definition) is 0. The van der Waals surface area contributed by atoms with Crippen molar-refractivity contribution in [1.82, 2.24) is 4.98 Å². The van der Waals surface area contributed by atoms with Crippen molar-refractivity contribution in [2.75, 3.05) is 7.11 Å². The summed E-state index contributed by atoms with van der Waals surface area (Å²) in [5.41, 5.74) is 2.12. The second-order valence-electron chi connectivity index (χ2n) is 3.68. The zero-order valence-corrected chi connectivity index (χ0v) is 10.0. The number of esters is 1. The number of aromatic nitrogens is 1. The highest BCUT2D eigenvalue weighted by Gasteiger charge is 2.05. The summed E-state index contributed by atoms with van der Waals surface area (Å²) in [7, 11) is 1.34. The lowest BCUT2D eigenvalue weighted by Crippen LogP contribution is -2.04. The largest absolute Gasteiger partial charge is 0.464 e. The van der Waals surface area contributed by atoms with E-state index in [2.05, 4.69) is 9.72 Å². The number of nitrogens with zero attached hydrogens (tertiary/aromatic N) is 1. The van der Waals surface area contributed by atoms with Crippen LogP contribution in [0.4, 0.5) is 0 Å². The Morgan fingerprint density at radius 2 is 1.83 bits per heavy atom. The van der Waals surface area contributed by atoms with Gasteiger partial charge in [0.25, 0.3) is 0 Å². The summed E-state index contributed by atoms with van der Waals surface area (Å²) in [6.45, 7) is 0. The molecule has 0 N–H and O–H groups in total. The second kappa shape index (κ2) is 5.77. The molecule has 3 nitrogen and oxygen atoms in total. The molecule has 0 unspecified atom stereocenters. The minimum absolute atomic E-state index is 0.313. The highest BCUT2D eigenvalue weighted by molar-refractivity contribution is 5.87. The van der Waals surface area contributed by atoms with Gasteiger partial charge in [0.2, 0.25) is 0 Å². The van der Waals surface area contributed by atoms with Crippen LogP contribution >= 0.6 is 0 Å². The zero-order valence-electron chi connectivity index (χ0n) is 10.0. The third-order valence-corrected chi connectivity index (χ3v) is 2.41. The molecule has 0 aliphatic carbocycles. The van der Waals surface area contributed by atoms with Gasteiger partial charge in [0.15, 0.2) is 0 Å². The Morgan fingerprint density at radius 1 is 1.06 bits per heavy atom. The van der Waals surface area contributed by atoms with Crippen LogP contribution in [0.3, 0.4) is 0 Å². The van der Waals surface area contributed by atoms with Gasteiger partial charge in [0, 0.05) is 0 Å². The number of methoxy groups -OCH3 is 1. The fourth-order valence-electron chi connectivity index (χ4n) is 1.51. The van der Waals surface area contributed by atoms with Crippen molar-refractivity contribution < 1.29 is 9.53 Å². The molecule has 0 bridgehead atoms. The molecule has 18 heavy (non-hydrogen) atoms. The van der Waals surface area contributed by atoms with Gasteiger partial charge in [-0.05, 0) is 23.8 Å². The molecule has 0 amide bonds. The summed E-state index contributed by atoms with van der Waals surface area (Å²) in [5.74, 6) is -0.426. The first kappa shape index (κ1) is 12.0. The van der Waals surface area contributed by atoms with Gasteiger partial charge in [0.05, 0.1) is 12.8 Å². The van der Waals surface area contributed by atoms with Crippen LogP contribution in [-0.4, -0.2) is 18.1 Å². The molecule has 0 saturated heterocycles. The van der Waals surface area contributed by atoms with Crippen molar-refractivity contribution in [2.45, 2.75) is 0 Å². The van der Waals surface area contributed by atoms with Crippen LogP contribution in [0.1, 0.15) is 21.7 Å². The van der Waals surface area contributed by atoms with E-state index in [4.69, 9.17) is 0 Å². The minimum atomic E-state index is -0.426. The fraction of sp³-hybridized carbons (Fsp3) is 0.0667. The van der Waals surface area contributed by atoms with E-state index in [1.54, 1.807) is 12.1 Å². The topological polar surface area (TPSA) is 39.2 Å². The lowest BCUT2D eigenvalue weighted by molar-refractivity contribution is 0.0594. The summed E-state index contributed by atoms with van der Waals surface area (Å²) in [6, 6.07) is 15.2. The lowest BCUT2D eigenvalue weighted by atomic mass is 10.2. The number of rotatable bonds is 3. The first-order valence-electron chi connectivity index (χ1n) is 5.58. The average molecular weight is 239 g/mol. The predicted octanol–water partition coefficient (Wildman–Crippen LogP) is 3.04. The quantitative estimate of drug-likeness (QED) is 0.773. The maximum Gasteiger partial charge on any atom is 0.356 e. The highest BCUT2D eigenvalue weighted by atomic mass is 16.5. The molecule has 1 heterocycles. The Hall–Kier alpha value is -2.42. The predicted molar refractivity (Wildman–Crippen MR) is 70.9 cm³/mol. The molecule has 0 atom stereocenters. The molecule has 0 spiro atoms. The summed E-state index contributed by atoms with van der Waals surface area (Å²) in [5, 5.41) is 0. The normalized spacial score (nSPS) is 10.5. The van der Waals surface area contributed by atoms with Crippen molar-refractivity contribution in [3.63, 3.8) is 0 Å². The molecule has 0 radical (unpaired) electrons. The maximum absolute atomic E-state index is 11.3. The molecule has 0 saturated carbocycles. The summed E-state index contributed by atoms with van der Waals surface area (Å²) in [4.78, 5) is 15.5. The molecule has 1 aromatic carbocycles. The highest BCUT2D eigenvalue weighted by Crippen LogP contribution is 2.07. The Balaban J connectivity index is 2.20. The summed E-state index contributed by atoms with van der Waals surface area (Å²) >= 11 is 0. The standard InChI is InChI=1S/C15H13NO2/c1-18-15(17)14-9-5-8-13(16-14)11-10-12-6-3-2-4-7-12/h2-11H,1H3. The summed E-state index contributed by atoms with van der Waals surface area (Å²) < 4.78 is 4.63. The molecule has 2 rings (SSSR count). The van der Waals surface area contributed by atoms with Crippen molar-refractivity contribution in [1.29, 1.82) is 0 Å². The molecule has 0 fully saturated rings. The number of carbonyl (C=O) groups is 1. The fourth-order valence-corrected chi connectivity index (χ4v) is 1.51. The Bertz CT molecular complexity index is 562. The van der Waals surface area contributed by atoms with E-state index < -0.39 is 5.97 Å². The second-order valence-corrected chi connectivity index (χ2v) is 3.68. The van der Waals surface area contributed by atoms with E-state index in [-0.39, 0.29) is 0 Å². The van der Waals surface area contributed by atoms with Crippen LogP contribution in [0.2, 0.25) is 0 Å². The van der Waals surface area contributed by atoms with Crippen LogP contribution in [0.25, 0.3) is 12.2 Å². The van der Waals surface area contributed by atoms with E-state index in [1.165, 1.54) is 7.11 Å². The van der Waals surface area contributed by atoms with Gasteiger partial charge in [-0.3, -0.25) is 0 Å². The molecular formula is C15H13NO2. The van der Waals surface area contributed by atoms with Crippen LogP contribution in [0.5, 0.6) is 0 Å². The van der Waals surface area contributed by atoms with Gasteiger partial charge < -0.3 is 4.74 Å². The van der Waals surface area contributed by atoms with E-state index >= 15 is 0 Å². The molecule has 0 aliphatic rings. The molecular weight excluding hydrogens is 226 g/mol. The number of benzene rings is 1. The molecule has 1 aromatic heterocycles. The first-order valence-corrected chi connectivity index (χ1v) is 5.58. The lowest BCUT2D eigenvalue weighted by Gasteiger charge is -1.99. The van der Waals surface area contributed by atoms with E-state index in [0.717, 1.165) is 11.3 Å². The van der Waals surface area contributed by atoms with Crippen molar-refractivity contribution in [2.24, 2.45) is 0 Å². The number of hydrogen-bond acceptors (Lipinski definition) is 3. The van der Waals surface area contributed by atoms with Crippen LogP contribution in [0.15, 0.2) is 48.5 Å². The molecule has 3 heteroatoms.